The molecule has 0 aromatic carbocycles. The first kappa shape index (κ1) is 77.2. The molecule has 0 aromatic heterocycles. The van der Waals surface area contributed by atoms with Gasteiger partial charge in [-0.15, -0.1) is 0 Å². The molecule has 1 heterocycles. The van der Waals surface area contributed by atoms with Gasteiger partial charge >= 0.3 is 0 Å². The number of rotatable bonds is 62. The summed E-state index contributed by atoms with van der Waals surface area (Å²) in [6.07, 6.45) is 76.7. The minimum Gasteiger partial charge on any atom is -0.394 e. The molecule has 0 aromatic rings. The van der Waals surface area contributed by atoms with E-state index < -0.39 is 49.5 Å². The zero-order chi connectivity index (χ0) is 58.6. The monoisotopic (exact) mass is 1140 g/mol. The van der Waals surface area contributed by atoms with Crippen molar-refractivity contribution in [1.82, 2.24) is 5.32 Å². The standard InChI is InChI=1S/C72H135NO8/c1-3-5-7-9-11-13-15-17-19-21-23-24-25-26-27-28-29-30-31-32-33-34-35-36-37-38-39-40-41-42-44-46-48-50-52-54-56-58-60-62-68(76)73-65(64-80-72-71(79)70(78)69(77)67(63-74)81-72)66(75)61-59-57-55-53-51-49-47-45-43-22-20-18-16-14-12-10-8-6-4-2/h29-30,32-33,51,53,59,61,65-67,69-72,74-75,77-79H,3-28,31,34-50,52,54-58,60,62-64H2,1-2H3,(H,73,76)/b30-29-,33-32-,53-51+,61-59+. The fraction of sp³-hybridized carbons (Fsp3) is 0.875. The molecule has 7 atom stereocenters. The van der Waals surface area contributed by atoms with Crippen LogP contribution in [-0.4, -0.2) is 87.5 Å². The van der Waals surface area contributed by atoms with Gasteiger partial charge in [0.15, 0.2) is 6.29 Å². The van der Waals surface area contributed by atoms with Crippen molar-refractivity contribution >= 4 is 5.91 Å². The van der Waals surface area contributed by atoms with Gasteiger partial charge in [-0.25, -0.2) is 0 Å². The van der Waals surface area contributed by atoms with Crippen molar-refractivity contribution in [3.63, 3.8) is 0 Å². The summed E-state index contributed by atoms with van der Waals surface area (Å²) >= 11 is 0. The van der Waals surface area contributed by atoms with E-state index in [4.69, 9.17) is 9.47 Å². The summed E-state index contributed by atoms with van der Waals surface area (Å²) in [7, 11) is 0. The Balaban J connectivity index is 2.08. The van der Waals surface area contributed by atoms with Crippen molar-refractivity contribution in [3.05, 3.63) is 48.6 Å². The zero-order valence-electron chi connectivity index (χ0n) is 53.3. The Bertz CT molecular complexity index is 1420. The molecule has 1 fully saturated rings. The van der Waals surface area contributed by atoms with Crippen LogP contribution in [0.1, 0.15) is 348 Å². The lowest BCUT2D eigenvalue weighted by molar-refractivity contribution is -0.302. The molecule has 0 saturated carbocycles. The van der Waals surface area contributed by atoms with E-state index in [-0.39, 0.29) is 12.5 Å². The van der Waals surface area contributed by atoms with Gasteiger partial charge in [0, 0.05) is 6.42 Å². The van der Waals surface area contributed by atoms with Gasteiger partial charge in [-0.1, -0.05) is 326 Å². The smallest absolute Gasteiger partial charge is 0.220 e. The highest BCUT2D eigenvalue weighted by Gasteiger charge is 2.44. The van der Waals surface area contributed by atoms with E-state index in [1.54, 1.807) is 6.08 Å². The normalized spacial score (nSPS) is 18.6. The molecule has 0 radical (unpaired) electrons. The first-order valence-corrected chi connectivity index (χ1v) is 35.4. The second-order valence-corrected chi connectivity index (χ2v) is 24.7. The molecule has 9 heteroatoms. The fourth-order valence-electron chi connectivity index (χ4n) is 11.3. The summed E-state index contributed by atoms with van der Waals surface area (Å²) in [5.41, 5.74) is 0. The maximum absolute atomic E-state index is 13.1. The Hall–Kier alpha value is -1.85. The predicted molar refractivity (Wildman–Crippen MR) is 346 cm³/mol. The third-order valence-corrected chi connectivity index (χ3v) is 16.9. The largest absolute Gasteiger partial charge is 0.394 e. The highest BCUT2D eigenvalue weighted by molar-refractivity contribution is 5.76. The van der Waals surface area contributed by atoms with E-state index in [2.05, 4.69) is 55.6 Å². The quantitative estimate of drug-likeness (QED) is 0.0261. The molecule has 81 heavy (non-hydrogen) atoms. The van der Waals surface area contributed by atoms with Crippen LogP contribution >= 0.6 is 0 Å². The summed E-state index contributed by atoms with van der Waals surface area (Å²) in [5.74, 6) is -0.182. The molecule has 1 aliphatic rings. The molecule has 9 nitrogen and oxygen atoms in total. The Morgan fingerprint density at radius 2 is 0.741 bits per heavy atom. The SMILES string of the molecule is CCCCCCCCCCCCCCC/C=C/CC/C=C/C(O)C(COC1OC(CO)C(O)C(O)C1O)NC(=O)CCCCCCCCCCCCCCCCCCC/C=C\C/C=C\CCCCCCCCCCCCCCCCC. The summed E-state index contributed by atoms with van der Waals surface area (Å²) in [6, 6.07) is -0.823. The number of carbonyl (C=O) groups is 1. The van der Waals surface area contributed by atoms with Crippen LogP contribution in [0, 0.1) is 0 Å². The molecule has 476 valence electrons. The molecular weight excluding hydrogens is 1010 g/mol. The molecule has 1 aliphatic heterocycles. The minimum atomic E-state index is -1.57. The lowest BCUT2D eigenvalue weighted by Crippen LogP contribution is -2.60. The number of nitrogens with one attached hydrogen (secondary N) is 1. The highest BCUT2D eigenvalue weighted by Crippen LogP contribution is 2.23. The molecule has 0 aliphatic carbocycles. The molecule has 1 rings (SSSR count). The second-order valence-electron chi connectivity index (χ2n) is 24.7. The first-order valence-electron chi connectivity index (χ1n) is 35.4. The summed E-state index contributed by atoms with van der Waals surface area (Å²) < 4.78 is 11.3. The lowest BCUT2D eigenvalue weighted by Gasteiger charge is -2.40. The predicted octanol–water partition coefficient (Wildman–Crippen LogP) is 19.2. The highest BCUT2D eigenvalue weighted by atomic mass is 16.7. The number of allylic oxidation sites excluding steroid dienone is 7. The van der Waals surface area contributed by atoms with Gasteiger partial charge < -0.3 is 40.3 Å². The number of unbranched alkanes of at least 4 members (excludes halogenated alkanes) is 46. The number of amides is 1. The summed E-state index contributed by atoms with van der Waals surface area (Å²) in [4.78, 5) is 13.1. The van der Waals surface area contributed by atoms with Crippen LogP contribution in [-0.2, 0) is 14.3 Å². The van der Waals surface area contributed by atoms with Crippen molar-refractivity contribution in [2.75, 3.05) is 13.2 Å². The van der Waals surface area contributed by atoms with Crippen molar-refractivity contribution in [2.45, 2.75) is 391 Å². The van der Waals surface area contributed by atoms with Gasteiger partial charge in [-0.2, -0.15) is 0 Å². The Kier molecular flexibility index (Phi) is 58.3. The van der Waals surface area contributed by atoms with E-state index >= 15 is 0 Å². The molecule has 0 spiro atoms. The van der Waals surface area contributed by atoms with Crippen LogP contribution in [0.4, 0.5) is 0 Å². The molecular formula is C72H135NO8. The third kappa shape index (κ3) is 50.1. The van der Waals surface area contributed by atoms with Crippen molar-refractivity contribution in [2.24, 2.45) is 0 Å². The van der Waals surface area contributed by atoms with Gasteiger partial charge in [0.1, 0.15) is 24.4 Å². The molecule has 1 amide bonds. The van der Waals surface area contributed by atoms with E-state index in [0.717, 1.165) is 44.9 Å². The van der Waals surface area contributed by atoms with Gasteiger partial charge in [-0.3, -0.25) is 4.79 Å². The van der Waals surface area contributed by atoms with Crippen LogP contribution in [0.2, 0.25) is 0 Å². The Labute approximate surface area is 501 Å². The van der Waals surface area contributed by atoms with Gasteiger partial charge in [0.2, 0.25) is 5.91 Å². The Morgan fingerprint density at radius 3 is 1.11 bits per heavy atom. The number of hydrogen-bond acceptors (Lipinski definition) is 8. The van der Waals surface area contributed by atoms with Crippen LogP contribution in [0.3, 0.4) is 0 Å². The maximum Gasteiger partial charge on any atom is 0.220 e. The van der Waals surface area contributed by atoms with Crippen LogP contribution in [0.5, 0.6) is 0 Å². The number of carbonyl (C=O) groups excluding carboxylic acids is 1. The molecule has 0 bridgehead atoms. The third-order valence-electron chi connectivity index (χ3n) is 16.9. The van der Waals surface area contributed by atoms with Crippen LogP contribution in [0.15, 0.2) is 48.6 Å². The van der Waals surface area contributed by atoms with Gasteiger partial charge in [-0.05, 0) is 64.2 Å². The number of aliphatic hydroxyl groups is 5. The first-order chi connectivity index (χ1) is 39.8. The lowest BCUT2D eigenvalue weighted by atomic mass is 9.99. The topological polar surface area (TPSA) is 149 Å². The molecule has 1 saturated heterocycles. The van der Waals surface area contributed by atoms with E-state index in [9.17, 15) is 30.3 Å². The van der Waals surface area contributed by atoms with E-state index in [0.29, 0.717) is 6.42 Å². The van der Waals surface area contributed by atoms with Crippen LogP contribution in [0.25, 0.3) is 0 Å². The molecule has 7 unspecified atom stereocenters. The zero-order valence-corrected chi connectivity index (χ0v) is 53.3. The maximum atomic E-state index is 13.1. The number of ether oxygens (including phenoxy) is 2. The van der Waals surface area contributed by atoms with Gasteiger partial charge in [0.25, 0.3) is 0 Å². The summed E-state index contributed by atoms with van der Waals surface area (Å²) in [6.45, 7) is 3.81. The average molecular weight is 1140 g/mol. The average Bonchev–Trinajstić information content (AvgIpc) is 3.51. The van der Waals surface area contributed by atoms with E-state index in [1.165, 1.54) is 283 Å². The van der Waals surface area contributed by atoms with Crippen molar-refractivity contribution in [3.8, 4) is 0 Å². The fourth-order valence-corrected chi connectivity index (χ4v) is 11.3. The summed E-state index contributed by atoms with van der Waals surface area (Å²) in [5, 5.41) is 54.6. The van der Waals surface area contributed by atoms with Gasteiger partial charge in [0.05, 0.1) is 25.4 Å². The minimum absolute atomic E-state index is 0.182. The van der Waals surface area contributed by atoms with Crippen molar-refractivity contribution in [1.29, 1.82) is 0 Å². The second kappa shape index (κ2) is 61.2. The van der Waals surface area contributed by atoms with E-state index in [1.807, 2.05) is 6.08 Å². The molecule has 6 N–H and O–H groups in total. The Morgan fingerprint density at radius 1 is 0.420 bits per heavy atom. The van der Waals surface area contributed by atoms with Crippen LogP contribution < -0.4 is 5.32 Å². The van der Waals surface area contributed by atoms with Crippen molar-refractivity contribution < 1.29 is 39.8 Å². The number of aliphatic hydroxyl groups excluding tert-OH is 5. The number of hydrogen-bond donors (Lipinski definition) is 6.